The van der Waals surface area contributed by atoms with E-state index in [0.29, 0.717) is 0 Å². The Balaban J connectivity index is 2.02. The van der Waals surface area contributed by atoms with Crippen LogP contribution in [0.3, 0.4) is 0 Å². The quantitative estimate of drug-likeness (QED) is 0.929. The lowest BCUT2D eigenvalue weighted by atomic mass is 9.93. The first-order valence-electron chi connectivity index (χ1n) is 7.24. The van der Waals surface area contributed by atoms with Crippen LogP contribution in [-0.2, 0) is 0 Å². The molecule has 3 heteroatoms. The molecule has 1 aliphatic rings. The van der Waals surface area contributed by atoms with Crippen molar-refractivity contribution in [1.29, 1.82) is 0 Å². The monoisotopic (exact) mass is 270 g/mol. The summed E-state index contributed by atoms with van der Waals surface area (Å²) in [6.45, 7) is 7.62. The van der Waals surface area contributed by atoms with Gasteiger partial charge in [0.1, 0.15) is 5.76 Å². The number of nitrogens with one attached hydrogen (secondary N) is 1. The van der Waals surface area contributed by atoms with E-state index in [1.807, 2.05) is 6.07 Å². The Labute approximate surface area is 120 Å². The van der Waals surface area contributed by atoms with Gasteiger partial charge in [0, 0.05) is 25.2 Å². The molecule has 1 aliphatic heterocycles. The molecular formula is C17H22N2O. The van der Waals surface area contributed by atoms with Crippen LogP contribution in [0.25, 0.3) is 0 Å². The van der Waals surface area contributed by atoms with E-state index in [0.717, 1.165) is 25.4 Å². The topological polar surface area (TPSA) is 28.4 Å². The van der Waals surface area contributed by atoms with Crippen LogP contribution in [0.4, 0.5) is 0 Å². The summed E-state index contributed by atoms with van der Waals surface area (Å²) in [5, 5.41) is 3.48. The Morgan fingerprint density at radius 3 is 2.60 bits per heavy atom. The van der Waals surface area contributed by atoms with Gasteiger partial charge in [-0.05, 0) is 31.5 Å². The molecule has 0 aliphatic carbocycles. The van der Waals surface area contributed by atoms with Gasteiger partial charge in [-0.25, -0.2) is 0 Å². The van der Waals surface area contributed by atoms with Crippen LogP contribution in [0.2, 0.25) is 0 Å². The molecule has 1 atom stereocenters. The van der Waals surface area contributed by atoms with E-state index in [4.69, 9.17) is 4.42 Å². The molecule has 20 heavy (non-hydrogen) atoms. The molecule has 1 unspecified atom stereocenters. The number of piperazine rings is 1. The molecule has 106 valence electrons. The second-order valence-electron chi connectivity index (χ2n) is 6.01. The molecule has 1 N–H and O–H groups in total. The fourth-order valence-corrected chi connectivity index (χ4v) is 3.06. The zero-order chi connectivity index (χ0) is 14.0. The predicted molar refractivity (Wildman–Crippen MR) is 80.6 cm³/mol. The number of benzene rings is 1. The minimum absolute atomic E-state index is 0.103. The van der Waals surface area contributed by atoms with Crippen LogP contribution >= 0.6 is 0 Å². The van der Waals surface area contributed by atoms with Crippen LogP contribution in [0.5, 0.6) is 0 Å². The maximum absolute atomic E-state index is 5.73. The largest absolute Gasteiger partial charge is 0.467 e. The summed E-state index contributed by atoms with van der Waals surface area (Å²) < 4.78 is 5.73. The van der Waals surface area contributed by atoms with Crippen molar-refractivity contribution < 1.29 is 4.42 Å². The van der Waals surface area contributed by atoms with E-state index in [1.165, 1.54) is 5.56 Å². The van der Waals surface area contributed by atoms with E-state index in [-0.39, 0.29) is 11.6 Å². The van der Waals surface area contributed by atoms with E-state index in [1.54, 1.807) is 6.26 Å². The number of furan rings is 1. The lowest BCUT2D eigenvalue weighted by Crippen LogP contribution is -2.58. The zero-order valence-corrected chi connectivity index (χ0v) is 12.2. The average molecular weight is 270 g/mol. The van der Waals surface area contributed by atoms with Gasteiger partial charge in [-0.3, -0.25) is 4.90 Å². The van der Waals surface area contributed by atoms with Crippen LogP contribution in [0.1, 0.15) is 31.2 Å². The highest BCUT2D eigenvalue weighted by molar-refractivity contribution is 5.27. The standard InChI is InChI=1S/C17H22N2O/c1-17(2)13-18-10-11-19(17)16(15-9-6-12-20-15)14-7-4-3-5-8-14/h3-9,12,16,18H,10-11,13H2,1-2H3. The van der Waals surface area contributed by atoms with Crippen molar-refractivity contribution in [2.45, 2.75) is 25.4 Å². The molecule has 3 rings (SSSR count). The van der Waals surface area contributed by atoms with Crippen molar-refractivity contribution in [2.75, 3.05) is 19.6 Å². The summed E-state index contributed by atoms with van der Waals surface area (Å²) in [6.07, 6.45) is 1.76. The molecule has 2 heterocycles. The second kappa shape index (κ2) is 5.43. The maximum Gasteiger partial charge on any atom is 0.125 e. The minimum Gasteiger partial charge on any atom is -0.467 e. The molecule has 1 aromatic heterocycles. The van der Waals surface area contributed by atoms with Crippen molar-refractivity contribution in [3.63, 3.8) is 0 Å². The van der Waals surface area contributed by atoms with Gasteiger partial charge < -0.3 is 9.73 Å². The number of nitrogens with zero attached hydrogens (tertiary/aromatic N) is 1. The highest BCUT2D eigenvalue weighted by atomic mass is 16.3. The molecule has 1 fully saturated rings. The zero-order valence-electron chi connectivity index (χ0n) is 12.2. The Bertz CT molecular complexity index is 533. The molecule has 3 nitrogen and oxygen atoms in total. The molecule has 0 radical (unpaired) electrons. The van der Waals surface area contributed by atoms with Gasteiger partial charge in [-0.2, -0.15) is 0 Å². The van der Waals surface area contributed by atoms with Gasteiger partial charge in [0.2, 0.25) is 0 Å². The normalized spacial score (nSPS) is 20.7. The summed E-state index contributed by atoms with van der Waals surface area (Å²) in [5.74, 6) is 1.02. The van der Waals surface area contributed by atoms with Crippen molar-refractivity contribution >= 4 is 0 Å². The van der Waals surface area contributed by atoms with Gasteiger partial charge in [0.15, 0.2) is 0 Å². The molecular weight excluding hydrogens is 248 g/mol. The fourth-order valence-electron chi connectivity index (χ4n) is 3.06. The first kappa shape index (κ1) is 13.4. The lowest BCUT2D eigenvalue weighted by molar-refractivity contribution is 0.0516. The van der Waals surface area contributed by atoms with Crippen LogP contribution in [0.15, 0.2) is 53.1 Å². The van der Waals surface area contributed by atoms with Gasteiger partial charge in [0.05, 0.1) is 12.3 Å². The van der Waals surface area contributed by atoms with Crippen LogP contribution < -0.4 is 5.32 Å². The van der Waals surface area contributed by atoms with Gasteiger partial charge in [0.25, 0.3) is 0 Å². The highest BCUT2D eigenvalue weighted by Gasteiger charge is 2.37. The number of hydrogen-bond acceptors (Lipinski definition) is 3. The molecule has 0 bridgehead atoms. The Kier molecular flexibility index (Phi) is 3.64. The van der Waals surface area contributed by atoms with E-state index in [2.05, 4.69) is 60.5 Å². The average Bonchev–Trinajstić information content (AvgIpc) is 2.96. The fraction of sp³-hybridized carbons (Fsp3) is 0.412. The van der Waals surface area contributed by atoms with Crippen molar-refractivity contribution in [3.8, 4) is 0 Å². The SMILES string of the molecule is CC1(C)CNCCN1C(c1ccccc1)c1ccco1. The van der Waals surface area contributed by atoms with Gasteiger partial charge >= 0.3 is 0 Å². The highest BCUT2D eigenvalue weighted by Crippen LogP contribution is 2.34. The van der Waals surface area contributed by atoms with E-state index < -0.39 is 0 Å². The number of rotatable bonds is 3. The minimum atomic E-state index is 0.103. The first-order chi connectivity index (χ1) is 9.68. The Hall–Kier alpha value is -1.58. The van der Waals surface area contributed by atoms with Crippen LogP contribution in [-0.4, -0.2) is 30.1 Å². The number of hydrogen-bond donors (Lipinski definition) is 1. The maximum atomic E-state index is 5.73. The summed E-state index contributed by atoms with van der Waals surface area (Å²) in [5.41, 5.74) is 1.39. The second-order valence-corrected chi connectivity index (χ2v) is 6.01. The molecule has 0 spiro atoms. The summed E-state index contributed by atoms with van der Waals surface area (Å²) in [7, 11) is 0. The first-order valence-corrected chi connectivity index (χ1v) is 7.24. The third-order valence-electron chi connectivity index (χ3n) is 4.10. The molecule has 2 aromatic rings. The van der Waals surface area contributed by atoms with Crippen LogP contribution in [0, 0.1) is 0 Å². The molecule has 1 aromatic carbocycles. The van der Waals surface area contributed by atoms with E-state index >= 15 is 0 Å². The smallest absolute Gasteiger partial charge is 0.125 e. The molecule has 0 saturated carbocycles. The Morgan fingerprint density at radius 2 is 1.95 bits per heavy atom. The van der Waals surface area contributed by atoms with Gasteiger partial charge in [-0.1, -0.05) is 30.3 Å². The van der Waals surface area contributed by atoms with Gasteiger partial charge in [-0.15, -0.1) is 0 Å². The van der Waals surface area contributed by atoms with E-state index in [9.17, 15) is 0 Å². The summed E-state index contributed by atoms with van der Waals surface area (Å²) in [4.78, 5) is 2.54. The van der Waals surface area contributed by atoms with Crippen molar-refractivity contribution in [3.05, 3.63) is 60.1 Å². The summed E-state index contributed by atoms with van der Waals surface area (Å²) in [6, 6.07) is 14.9. The van der Waals surface area contributed by atoms with Crippen molar-refractivity contribution in [2.24, 2.45) is 0 Å². The summed E-state index contributed by atoms with van der Waals surface area (Å²) >= 11 is 0. The predicted octanol–water partition coefficient (Wildman–Crippen LogP) is 3.05. The third-order valence-corrected chi connectivity index (χ3v) is 4.10. The molecule has 1 saturated heterocycles. The molecule has 0 amide bonds. The van der Waals surface area contributed by atoms with Crippen molar-refractivity contribution in [1.82, 2.24) is 10.2 Å². The lowest BCUT2D eigenvalue weighted by Gasteiger charge is -2.46. The Morgan fingerprint density at radius 1 is 1.15 bits per heavy atom. The third kappa shape index (κ3) is 2.51.